The molecule has 0 spiro atoms. The minimum absolute atomic E-state index is 0.158. The Morgan fingerprint density at radius 2 is 1.94 bits per heavy atom. The molecule has 0 fully saturated rings. The average Bonchev–Trinajstić information content (AvgIpc) is 2.56. The van der Waals surface area contributed by atoms with Crippen molar-refractivity contribution in [2.75, 3.05) is 0 Å². The number of nitrogens with zero attached hydrogens (tertiary/aromatic N) is 1. The summed E-state index contributed by atoms with van der Waals surface area (Å²) >= 11 is 0. The van der Waals surface area contributed by atoms with Gasteiger partial charge < -0.3 is 0 Å². The van der Waals surface area contributed by atoms with Gasteiger partial charge in [0.15, 0.2) is 0 Å². The molecule has 0 amide bonds. The summed E-state index contributed by atoms with van der Waals surface area (Å²) < 4.78 is 0. The van der Waals surface area contributed by atoms with E-state index in [1.54, 1.807) is 0 Å². The molecule has 1 aliphatic rings. The molecule has 16 heavy (non-hydrogen) atoms. The summed E-state index contributed by atoms with van der Waals surface area (Å²) in [5.41, 5.74) is 3.79. The minimum Gasteiger partial charge on any atom is -0.281 e. The van der Waals surface area contributed by atoms with Gasteiger partial charge in [-0.3, -0.25) is 4.99 Å². The molecule has 0 radical (unpaired) electrons. The van der Waals surface area contributed by atoms with E-state index in [1.165, 1.54) is 16.8 Å². The standard InChI is InChI=1S/C15H19N/c1-11(2)13-10-15(3,4)14(16-13)12-8-6-5-7-9-12/h5-9,13H,1,10H2,2-4H3. The zero-order valence-corrected chi connectivity index (χ0v) is 10.3. The van der Waals surface area contributed by atoms with Crippen molar-refractivity contribution >= 4 is 5.71 Å². The van der Waals surface area contributed by atoms with E-state index in [-0.39, 0.29) is 5.41 Å². The summed E-state index contributed by atoms with van der Waals surface area (Å²) in [7, 11) is 0. The van der Waals surface area contributed by atoms with Gasteiger partial charge in [0.25, 0.3) is 0 Å². The van der Waals surface area contributed by atoms with Crippen molar-refractivity contribution < 1.29 is 0 Å². The molecule has 1 aliphatic heterocycles. The first-order valence-electron chi connectivity index (χ1n) is 5.80. The largest absolute Gasteiger partial charge is 0.281 e. The van der Waals surface area contributed by atoms with Gasteiger partial charge in [0.2, 0.25) is 0 Å². The second kappa shape index (κ2) is 3.89. The summed E-state index contributed by atoms with van der Waals surface area (Å²) in [5, 5.41) is 0. The zero-order valence-electron chi connectivity index (χ0n) is 10.3. The van der Waals surface area contributed by atoms with Crippen molar-refractivity contribution in [3.05, 3.63) is 48.0 Å². The van der Waals surface area contributed by atoms with Gasteiger partial charge in [0.1, 0.15) is 0 Å². The van der Waals surface area contributed by atoms with Crippen LogP contribution in [0.3, 0.4) is 0 Å². The fourth-order valence-corrected chi connectivity index (χ4v) is 2.30. The van der Waals surface area contributed by atoms with Gasteiger partial charge >= 0.3 is 0 Å². The molecule has 1 unspecified atom stereocenters. The fraction of sp³-hybridized carbons (Fsp3) is 0.400. The minimum atomic E-state index is 0.158. The Kier molecular flexibility index (Phi) is 2.71. The first kappa shape index (κ1) is 11.1. The zero-order chi connectivity index (χ0) is 11.8. The second-order valence-corrected chi connectivity index (χ2v) is 5.29. The summed E-state index contributed by atoms with van der Waals surface area (Å²) in [4.78, 5) is 4.83. The third-order valence-corrected chi connectivity index (χ3v) is 3.25. The molecular weight excluding hydrogens is 194 g/mol. The Morgan fingerprint density at radius 3 is 2.44 bits per heavy atom. The molecule has 1 atom stereocenters. The fourth-order valence-electron chi connectivity index (χ4n) is 2.30. The van der Waals surface area contributed by atoms with Crippen LogP contribution in [0, 0.1) is 5.41 Å². The van der Waals surface area contributed by atoms with Gasteiger partial charge in [-0.05, 0) is 18.9 Å². The summed E-state index contributed by atoms with van der Waals surface area (Å²) in [6.45, 7) is 10.6. The maximum atomic E-state index is 4.83. The number of aliphatic imine (C=N–C) groups is 1. The molecule has 0 N–H and O–H groups in total. The first-order chi connectivity index (χ1) is 7.50. The predicted octanol–water partition coefficient (Wildman–Crippen LogP) is 3.85. The van der Waals surface area contributed by atoms with Crippen LogP contribution in [0.15, 0.2) is 47.5 Å². The van der Waals surface area contributed by atoms with Crippen LogP contribution in [-0.2, 0) is 0 Å². The maximum absolute atomic E-state index is 4.83. The normalized spacial score (nSPS) is 22.9. The lowest BCUT2D eigenvalue weighted by Crippen LogP contribution is -2.21. The van der Waals surface area contributed by atoms with Gasteiger partial charge in [0.05, 0.1) is 6.04 Å². The van der Waals surface area contributed by atoms with Crippen LogP contribution in [0.4, 0.5) is 0 Å². The van der Waals surface area contributed by atoms with E-state index in [0.717, 1.165) is 6.42 Å². The van der Waals surface area contributed by atoms with Crippen molar-refractivity contribution in [3.8, 4) is 0 Å². The van der Waals surface area contributed by atoms with Gasteiger partial charge in [-0.1, -0.05) is 56.3 Å². The van der Waals surface area contributed by atoms with Gasteiger partial charge in [-0.25, -0.2) is 0 Å². The highest BCUT2D eigenvalue weighted by atomic mass is 14.9. The van der Waals surface area contributed by atoms with Crippen molar-refractivity contribution in [2.24, 2.45) is 10.4 Å². The van der Waals surface area contributed by atoms with Crippen LogP contribution >= 0.6 is 0 Å². The van der Waals surface area contributed by atoms with E-state index in [0.29, 0.717) is 6.04 Å². The van der Waals surface area contributed by atoms with E-state index in [2.05, 4.69) is 51.6 Å². The molecule has 1 aromatic rings. The number of benzene rings is 1. The Hall–Kier alpha value is -1.37. The van der Waals surface area contributed by atoms with E-state index in [1.807, 2.05) is 6.07 Å². The number of rotatable bonds is 2. The molecule has 0 saturated heterocycles. The summed E-state index contributed by atoms with van der Waals surface area (Å²) in [6, 6.07) is 10.8. The van der Waals surface area contributed by atoms with Crippen LogP contribution in [0.2, 0.25) is 0 Å². The third kappa shape index (κ3) is 1.95. The van der Waals surface area contributed by atoms with E-state index < -0.39 is 0 Å². The predicted molar refractivity (Wildman–Crippen MR) is 70.0 cm³/mol. The first-order valence-corrected chi connectivity index (χ1v) is 5.80. The molecule has 0 aromatic heterocycles. The Labute approximate surface area is 97.9 Å². The van der Waals surface area contributed by atoms with Gasteiger partial charge in [0, 0.05) is 11.1 Å². The molecule has 0 bridgehead atoms. The molecule has 1 nitrogen and oxygen atoms in total. The van der Waals surface area contributed by atoms with Crippen molar-refractivity contribution in [3.63, 3.8) is 0 Å². The summed E-state index contributed by atoms with van der Waals surface area (Å²) in [6.07, 6.45) is 1.08. The maximum Gasteiger partial charge on any atom is 0.0716 e. The number of hydrogen-bond acceptors (Lipinski definition) is 1. The van der Waals surface area contributed by atoms with E-state index in [9.17, 15) is 0 Å². The van der Waals surface area contributed by atoms with Crippen LogP contribution in [-0.4, -0.2) is 11.8 Å². The quantitative estimate of drug-likeness (QED) is 0.662. The van der Waals surface area contributed by atoms with Crippen LogP contribution in [0.25, 0.3) is 0 Å². The summed E-state index contributed by atoms with van der Waals surface area (Å²) in [5.74, 6) is 0. The van der Waals surface area contributed by atoms with Crippen LogP contribution < -0.4 is 0 Å². The van der Waals surface area contributed by atoms with E-state index in [4.69, 9.17) is 4.99 Å². The van der Waals surface area contributed by atoms with Crippen LogP contribution in [0.1, 0.15) is 32.8 Å². The molecule has 1 heterocycles. The Balaban J connectivity index is 2.39. The average molecular weight is 213 g/mol. The molecule has 1 aromatic carbocycles. The lowest BCUT2D eigenvalue weighted by molar-refractivity contribution is 0.485. The highest BCUT2D eigenvalue weighted by Crippen LogP contribution is 2.37. The highest BCUT2D eigenvalue weighted by molar-refractivity contribution is 6.05. The van der Waals surface area contributed by atoms with Gasteiger partial charge in [-0.15, -0.1) is 0 Å². The molecule has 0 saturated carbocycles. The second-order valence-electron chi connectivity index (χ2n) is 5.29. The van der Waals surface area contributed by atoms with Gasteiger partial charge in [-0.2, -0.15) is 0 Å². The van der Waals surface area contributed by atoms with Crippen molar-refractivity contribution in [2.45, 2.75) is 33.2 Å². The molecule has 1 heteroatoms. The lowest BCUT2D eigenvalue weighted by atomic mass is 9.81. The Morgan fingerprint density at radius 1 is 1.31 bits per heavy atom. The highest BCUT2D eigenvalue weighted by Gasteiger charge is 2.35. The molecular formula is C15H19N. The smallest absolute Gasteiger partial charge is 0.0716 e. The number of hydrogen-bond donors (Lipinski definition) is 0. The third-order valence-electron chi connectivity index (χ3n) is 3.25. The lowest BCUT2D eigenvalue weighted by Gasteiger charge is -2.21. The van der Waals surface area contributed by atoms with Crippen LogP contribution in [0.5, 0.6) is 0 Å². The molecule has 84 valence electrons. The molecule has 2 rings (SSSR count). The van der Waals surface area contributed by atoms with Crippen molar-refractivity contribution in [1.82, 2.24) is 0 Å². The van der Waals surface area contributed by atoms with Crippen molar-refractivity contribution in [1.29, 1.82) is 0 Å². The topological polar surface area (TPSA) is 12.4 Å². The Bertz CT molecular complexity index is 426. The SMILES string of the molecule is C=C(C)C1CC(C)(C)C(c2ccccc2)=N1. The molecule has 0 aliphatic carbocycles. The monoisotopic (exact) mass is 213 g/mol. The van der Waals surface area contributed by atoms with E-state index >= 15 is 0 Å².